The molecule has 0 spiro atoms. The molecule has 0 unspecified atom stereocenters. The molecule has 0 aliphatic carbocycles. The van der Waals surface area contributed by atoms with Crippen LogP contribution in [-0.2, 0) is 0 Å². The number of anilines is 1. The van der Waals surface area contributed by atoms with E-state index in [1.165, 1.54) is 0 Å². The van der Waals surface area contributed by atoms with E-state index in [1.54, 1.807) is 24.3 Å². The number of hydrogen-bond donors (Lipinski definition) is 3. The first kappa shape index (κ1) is 9.03. The van der Waals surface area contributed by atoms with Gasteiger partial charge in [0.25, 0.3) is 0 Å². The zero-order valence-corrected chi connectivity index (χ0v) is 6.74. The molecule has 0 aliphatic heterocycles. The van der Waals surface area contributed by atoms with E-state index in [0.29, 0.717) is 11.3 Å². The SMILES string of the molecule is N#Cc1ccc(NC(=O)NN)cc1. The van der Waals surface area contributed by atoms with Crippen molar-refractivity contribution in [1.82, 2.24) is 5.43 Å². The van der Waals surface area contributed by atoms with Gasteiger partial charge in [-0.15, -0.1) is 0 Å². The maximum Gasteiger partial charge on any atom is 0.333 e. The minimum absolute atomic E-state index is 0.496. The van der Waals surface area contributed by atoms with Crippen LogP contribution in [0.5, 0.6) is 0 Å². The van der Waals surface area contributed by atoms with Crippen molar-refractivity contribution in [3.63, 3.8) is 0 Å². The number of nitriles is 1. The van der Waals surface area contributed by atoms with Crippen molar-refractivity contribution < 1.29 is 4.79 Å². The maximum atomic E-state index is 10.7. The molecule has 5 heteroatoms. The second-order valence-electron chi connectivity index (χ2n) is 2.29. The number of benzene rings is 1. The van der Waals surface area contributed by atoms with Gasteiger partial charge in [-0.2, -0.15) is 5.26 Å². The van der Waals surface area contributed by atoms with Gasteiger partial charge in [0, 0.05) is 5.69 Å². The quantitative estimate of drug-likeness (QED) is 0.331. The molecule has 66 valence electrons. The monoisotopic (exact) mass is 176 g/mol. The maximum absolute atomic E-state index is 10.7. The Morgan fingerprint density at radius 3 is 2.46 bits per heavy atom. The summed E-state index contributed by atoms with van der Waals surface area (Å²) in [5, 5.41) is 10.9. The van der Waals surface area contributed by atoms with Gasteiger partial charge in [-0.3, -0.25) is 5.43 Å². The zero-order valence-electron chi connectivity index (χ0n) is 6.74. The Balaban J connectivity index is 2.71. The highest BCUT2D eigenvalue weighted by Crippen LogP contribution is 2.07. The fraction of sp³-hybridized carbons (Fsp3) is 0. The molecule has 0 atom stereocenters. The average molecular weight is 176 g/mol. The van der Waals surface area contributed by atoms with Crippen molar-refractivity contribution in [1.29, 1.82) is 5.26 Å². The molecule has 1 aromatic rings. The first-order valence-corrected chi connectivity index (χ1v) is 3.54. The highest BCUT2D eigenvalue weighted by molar-refractivity contribution is 5.88. The first-order chi connectivity index (χ1) is 6.26. The van der Waals surface area contributed by atoms with Crippen molar-refractivity contribution in [3.05, 3.63) is 29.8 Å². The molecule has 1 aromatic carbocycles. The summed E-state index contributed by atoms with van der Waals surface area (Å²) in [6.07, 6.45) is 0. The van der Waals surface area contributed by atoms with Crippen LogP contribution >= 0.6 is 0 Å². The molecule has 0 aliphatic rings. The van der Waals surface area contributed by atoms with E-state index in [1.807, 2.05) is 11.5 Å². The van der Waals surface area contributed by atoms with E-state index >= 15 is 0 Å². The van der Waals surface area contributed by atoms with Gasteiger partial charge in [-0.25, -0.2) is 10.6 Å². The molecule has 0 saturated heterocycles. The molecular formula is C8H8N4O. The Morgan fingerprint density at radius 2 is 2.00 bits per heavy atom. The first-order valence-electron chi connectivity index (χ1n) is 3.54. The highest BCUT2D eigenvalue weighted by Gasteiger charge is 1.97. The smallest absolute Gasteiger partial charge is 0.307 e. The molecule has 1 rings (SSSR count). The molecule has 0 saturated carbocycles. The van der Waals surface area contributed by atoms with Crippen molar-refractivity contribution >= 4 is 11.7 Å². The van der Waals surface area contributed by atoms with Crippen LogP contribution in [0.15, 0.2) is 24.3 Å². The third kappa shape index (κ3) is 2.47. The summed E-state index contributed by atoms with van der Waals surface area (Å²) in [4.78, 5) is 10.7. The van der Waals surface area contributed by atoms with Crippen LogP contribution in [0.1, 0.15) is 5.56 Å². The van der Waals surface area contributed by atoms with E-state index in [4.69, 9.17) is 11.1 Å². The number of amides is 2. The van der Waals surface area contributed by atoms with Crippen molar-refractivity contribution in [2.24, 2.45) is 5.84 Å². The van der Waals surface area contributed by atoms with Gasteiger partial charge < -0.3 is 5.32 Å². The fourth-order valence-electron chi connectivity index (χ4n) is 0.795. The second kappa shape index (κ2) is 4.09. The minimum Gasteiger partial charge on any atom is -0.307 e. The lowest BCUT2D eigenvalue weighted by Gasteiger charge is -2.02. The van der Waals surface area contributed by atoms with Gasteiger partial charge >= 0.3 is 6.03 Å². The van der Waals surface area contributed by atoms with E-state index in [-0.39, 0.29) is 0 Å². The lowest BCUT2D eigenvalue weighted by atomic mass is 10.2. The molecule has 0 bridgehead atoms. The number of nitrogens with zero attached hydrogens (tertiary/aromatic N) is 1. The topological polar surface area (TPSA) is 90.9 Å². The van der Waals surface area contributed by atoms with Crippen LogP contribution in [0.2, 0.25) is 0 Å². The van der Waals surface area contributed by atoms with Gasteiger partial charge in [0.05, 0.1) is 11.6 Å². The van der Waals surface area contributed by atoms with Crippen molar-refractivity contribution in [2.45, 2.75) is 0 Å². The summed E-state index contributed by atoms with van der Waals surface area (Å²) in [6.45, 7) is 0. The third-order valence-electron chi connectivity index (χ3n) is 1.40. The number of hydrogen-bond acceptors (Lipinski definition) is 3. The molecule has 4 N–H and O–H groups in total. The van der Waals surface area contributed by atoms with Gasteiger partial charge in [0.15, 0.2) is 0 Å². The van der Waals surface area contributed by atoms with Crippen LogP contribution in [0.3, 0.4) is 0 Å². The Kier molecular flexibility index (Phi) is 2.84. The largest absolute Gasteiger partial charge is 0.333 e. The zero-order chi connectivity index (χ0) is 9.68. The number of carbonyl (C=O) groups excluding carboxylic acids is 1. The fourth-order valence-corrected chi connectivity index (χ4v) is 0.795. The average Bonchev–Trinajstić information content (AvgIpc) is 2.19. The van der Waals surface area contributed by atoms with Gasteiger partial charge in [-0.1, -0.05) is 0 Å². The molecule has 5 nitrogen and oxygen atoms in total. The Hall–Kier alpha value is -2.06. The lowest BCUT2D eigenvalue weighted by Crippen LogP contribution is -2.34. The summed E-state index contributed by atoms with van der Waals surface area (Å²) in [7, 11) is 0. The summed E-state index contributed by atoms with van der Waals surface area (Å²) in [5.41, 5.74) is 3.05. The summed E-state index contributed by atoms with van der Waals surface area (Å²) in [6, 6.07) is 7.92. The molecule has 0 heterocycles. The minimum atomic E-state index is -0.496. The van der Waals surface area contributed by atoms with E-state index < -0.39 is 6.03 Å². The van der Waals surface area contributed by atoms with E-state index in [2.05, 4.69) is 5.32 Å². The Bertz CT molecular complexity index is 338. The number of hydrazine groups is 1. The Labute approximate surface area is 75.1 Å². The molecule has 0 aromatic heterocycles. The van der Waals surface area contributed by atoms with Crippen LogP contribution in [-0.4, -0.2) is 6.03 Å². The molecule has 13 heavy (non-hydrogen) atoms. The number of urea groups is 1. The van der Waals surface area contributed by atoms with Crippen molar-refractivity contribution in [2.75, 3.05) is 5.32 Å². The molecule has 0 radical (unpaired) electrons. The van der Waals surface area contributed by atoms with Crippen LogP contribution in [0.25, 0.3) is 0 Å². The number of rotatable bonds is 1. The van der Waals surface area contributed by atoms with Gasteiger partial charge in [-0.05, 0) is 24.3 Å². The molecule has 2 amide bonds. The van der Waals surface area contributed by atoms with Gasteiger partial charge in [0.1, 0.15) is 0 Å². The van der Waals surface area contributed by atoms with Crippen LogP contribution in [0.4, 0.5) is 10.5 Å². The number of nitrogens with one attached hydrogen (secondary N) is 2. The third-order valence-corrected chi connectivity index (χ3v) is 1.40. The second-order valence-corrected chi connectivity index (χ2v) is 2.29. The Morgan fingerprint density at radius 1 is 1.38 bits per heavy atom. The molecular weight excluding hydrogens is 168 g/mol. The van der Waals surface area contributed by atoms with Gasteiger partial charge in [0.2, 0.25) is 0 Å². The number of nitrogens with two attached hydrogens (primary N) is 1. The van der Waals surface area contributed by atoms with Crippen molar-refractivity contribution in [3.8, 4) is 6.07 Å². The normalized spacial score (nSPS) is 8.62. The highest BCUT2D eigenvalue weighted by atomic mass is 16.2. The molecule has 0 fully saturated rings. The standard InChI is InChI=1S/C8H8N4O/c9-5-6-1-3-7(4-2-6)11-8(13)12-10/h1-4H,10H2,(H2,11,12,13). The number of carbonyl (C=O) groups is 1. The summed E-state index contributed by atoms with van der Waals surface area (Å²) in [5.74, 6) is 4.86. The summed E-state index contributed by atoms with van der Waals surface area (Å²) < 4.78 is 0. The predicted octanol–water partition coefficient (Wildman–Crippen LogP) is 0.553. The van der Waals surface area contributed by atoms with Crippen LogP contribution < -0.4 is 16.6 Å². The van der Waals surface area contributed by atoms with Crippen LogP contribution in [0, 0.1) is 11.3 Å². The summed E-state index contributed by atoms with van der Waals surface area (Å²) >= 11 is 0. The lowest BCUT2D eigenvalue weighted by molar-refractivity contribution is 0.252. The predicted molar refractivity (Wildman–Crippen MR) is 47.5 cm³/mol. The van der Waals surface area contributed by atoms with E-state index in [9.17, 15) is 4.79 Å². The van der Waals surface area contributed by atoms with E-state index in [0.717, 1.165) is 0 Å².